The number of carbonyl (C=O) groups is 1. The second kappa shape index (κ2) is 11.7. The van der Waals surface area contributed by atoms with Gasteiger partial charge in [0.25, 0.3) is 0 Å². The third-order valence-electron chi connectivity index (χ3n) is 8.48. The molecule has 11 nitrogen and oxygen atoms in total. The fourth-order valence-electron chi connectivity index (χ4n) is 6.19. The number of para-hydroxylation sites is 1. The minimum atomic E-state index is -0.274. The molecule has 2 fully saturated rings. The Kier molecular flexibility index (Phi) is 7.42. The van der Waals surface area contributed by atoms with Gasteiger partial charge in [-0.25, -0.2) is 9.97 Å². The van der Waals surface area contributed by atoms with Gasteiger partial charge in [0.2, 0.25) is 11.8 Å². The predicted molar refractivity (Wildman–Crippen MR) is 160 cm³/mol. The normalized spacial score (nSPS) is 19.3. The van der Waals surface area contributed by atoms with Gasteiger partial charge in [-0.15, -0.1) is 0 Å². The van der Waals surface area contributed by atoms with Gasteiger partial charge < -0.3 is 28.6 Å². The van der Waals surface area contributed by atoms with Crippen molar-refractivity contribution in [1.82, 2.24) is 29.9 Å². The first kappa shape index (κ1) is 27.4. The number of aromatic nitrogens is 4. The van der Waals surface area contributed by atoms with Gasteiger partial charge in [0, 0.05) is 43.6 Å². The third kappa shape index (κ3) is 5.41. The number of hydrogen-bond acceptors (Lipinski definition) is 9. The van der Waals surface area contributed by atoms with Gasteiger partial charge in [0.05, 0.1) is 50.2 Å². The summed E-state index contributed by atoms with van der Waals surface area (Å²) in [4.78, 5) is 31.3. The van der Waals surface area contributed by atoms with E-state index in [-0.39, 0.29) is 18.4 Å². The Morgan fingerprint density at radius 2 is 2.02 bits per heavy atom. The largest absolute Gasteiger partial charge is 0.497 e. The van der Waals surface area contributed by atoms with Crippen molar-refractivity contribution in [2.24, 2.45) is 5.92 Å². The Hall–Kier alpha value is -4.48. The number of benzene rings is 2. The van der Waals surface area contributed by atoms with Crippen molar-refractivity contribution in [1.29, 1.82) is 0 Å². The molecule has 3 aromatic heterocycles. The van der Waals surface area contributed by atoms with Crippen molar-refractivity contribution in [3.05, 3.63) is 66.2 Å². The molecule has 0 saturated carbocycles. The minimum absolute atomic E-state index is 0.0326. The van der Waals surface area contributed by atoms with Gasteiger partial charge in [-0.2, -0.15) is 0 Å². The molecular weight excluding hydrogens is 548 g/mol. The summed E-state index contributed by atoms with van der Waals surface area (Å²) < 4.78 is 22.2. The topological polar surface area (TPSA) is 119 Å². The lowest BCUT2D eigenvalue weighted by Gasteiger charge is -2.41. The average molecular weight is 583 g/mol. The molecule has 2 saturated heterocycles. The second-order valence-corrected chi connectivity index (χ2v) is 11.2. The molecule has 1 N–H and O–H groups in total. The van der Waals surface area contributed by atoms with E-state index in [2.05, 4.69) is 21.1 Å². The molecule has 11 heteroatoms. The lowest BCUT2D eigenvalue weighted by Crippen LogP contribution is -2.52. The highest BCUT2D eigenvalue weighted by Crippen LogP contribution is 2.33. The van der Waals surface area contributed by atoms with Crippen LogP contribution in [-0.4, -0.2) is 89.4 Å². The molecule has 0 bridgehead atoms. The van der Waals surface area contributed by atoms with Crippen LogP contribution in [0.4, 0.5) is 0 Å². The first-order valence-corrected chi connectivity index (χ1v) is 14.6. The van der Waals surface area contributed by atoms with E-state index < -0.39 is 0 Å². The summed E-state index contributed by atoms with van der Waals surface area (Å²) in [5.74, 6) is 2.39. The van der Waals surface area contributed by atoms with Crippen LogP contribution in [0.1, 0.15) is 24.0 Å². The molecule has 2 aliphatic heterocycles. The van der Waals surface area contributed by atoms with Crippen LogP contribution in [0.15, 0.2) is 59.3 Å². The van der Waals surface area contributed by atoms with Gasteiger partial charge in [-0.1, -0.05) is 23.4 Å². The molecular formula is C32H34N6O5. The van der Waals surface area contributed by atoms with Crippen LogP contribution in [0.2, 0.25) is 0 Å². The molecule has 0 radical (unpaired) electrons. The number of carbonyl (C=O) groups excluding carboxylic acids is 1. The number of nitrogens with one attached hydrogen (secondary N) is 1. The van der Waals surface area contributed by atoms with Crippen LogP contribution < -0.4 is 9.47 Å². The Labute approximate surface area is 248 Å². The fourth-order valence-corrected chi connectivity index (χ4v) is 6.19. The van der Waals surface area contributed by atoms with Crippen LogP contribution in [0.3, 0.4) is 0 Å². The molecule has 0 spiro atoms. The zero-order chi connectivity index (χ0) is 29.3. The minimum Gasteiger partial charge on any atom is -0.497 e. The molecule has 43 heavy (non-hydrogen) atoms. The molecule has 2 aliphatic rings. The smallest absolute Gasteiger partial charge is 0.229 e. The summed E-state index contributed by atoms with van der Waals surface area (Å²) in [7, 11) is 3.23. The number of H-pyrrole nitrogens is 1. The van der Waals surface area contributed by atoms with E-state index in [9.17, 15) is 4.79 Å². The first-order chi connectivity index (χ1) is 21.1. The summed E-state index contributed by atoms with van der Waals surface area (Å²) in [6.45, 7) is 4.55. The SMILES string of the molecule is COc1ccc2onc(CC(=O)N3CCN(CC4CCOC4)C[C@H]3c3ncc(-c4cc5ccccc5nc4OC)[nH]3)c2c1. The van der Waals surface area contributed by atoms with Gasteiger partial charge in [-0.05, 0) is 42.7 Å². The number of pyridine rings is 1. The van der Waals surface area contributed by atoms with Crippen LogP contribution in [-0.2, 0) is 16.0 Å². The highest BCUT2D eigenvalue weighted by atomic mass is 16.5. The molecule has 2 aromatic carbocycles. The highest BCUT2D eigenvalue weighted by molar-refractivity contribution is 5.88. The zero-order valence-electron chi connectivity index (χ0n) is 24.3. The lowest BCUT2D eigenvalue weighted by molar-refractivity contribution is -0.136. The van der Waals surface area contributed by atoms with Crippen molar-refractivity contribution >= 4 is 27.8 Å². The van der Waals surface area contributed by atoms with Gasteiger partial charge in [-0.3, -0.25) is 9.69 Å². The lowest BCUT2D eigenvalue weighted by atomic mass is 10.0. The van der Waals surface area contributed by atoms with Crippen LogP contribution in [0, 0.1) is 5.92 Å². The molecule has 1 amide bonds. The van der Waals surface area contributed by atoms with E-state index in [0.717, 1.165) is 66.1 Å². The standard InChI is InChI=1S/C32H34N6O5/c1-40-22-7-8-29-23(14-22)26(36-43-29)15-30(39)38-11-10-37(17-20-9-12-42-19-20)18-28(38)31-33-16-27(34-31)24-13-21-5-3-4-6-25(21)35-32(24)41-2/h3-8,13-14,16,20,28H,9-12,15,17-19H2,1-2H3,(H,33,34)/t20?,28-/m0/s1. The summed E-state index contributed by atoms with van der Waals surface area (Å²) >= 11 is 0. The maximum absolute atomic E-state index is 13.9. The monoisotopic (exact) mass is 582 g/mol. The maximum Gasteiger partial charge on any atom is 0.229 e. The number of ether oxygens (including phenoxy) is 3. The van der Waals surface area contributed by atoms with Crippen molar-refractivity contribution in [3.63, 3.8) is 0 Å². The Bertz CT molecular complexity index is 1760. The van der Waals surface area contributed by atoms with E-state index in [1.54, 1.807) is 20.4 Å². The van der Waals surface area contributed by atoms with Gasteiger partial charge in [0.15, 0.2) is 5.58 Å². The number of aromatic amines is 1. The average Bonchev–Trinajstić information content (AvgIpc) is 3.82. The summed E-state index contributed by atoms with van der Waals surface area (Å²) in [6, 6.07) is 15.2. The van der Waals surface area contributed by atoms with Crippen molar-refractivity contribution < 1.29 is 23.5 Å². The third-order valence-corrected chi connectivity index (χ3v) is 8.48. The van der Waals surface area contributed by atoms with E-state index in [4.69, 9.17) is 28.7 Å². The number of amides is 1. The molecule has 7 rings (SSSR count). The number of fused-ring (bicyclic) bond motifs is 2. The zero-order valence-corrected chi connectivity index (χ0v) is 24.3. The van der Waals surface area contributed by atoms with Crippen LogP contribution in [0.5, 0.6) is 11.6 Å². The molecule has 0 aliphatic carbocycles. The Morgan fingerprint density at radius 3 is 2.86 bits per heavy atom. The Balaban J connectivity index is 1.19. The molecule has 5 heterocycles. The van der Waals surface area contributed by atoms with E-state index in [0.29, 0.717) is 41.9 Å². The number of imidazole rings is 1. The highest BCUT2D eigenvalue weighted by Gasteiger charge is 2.35. The number of hydrogen-bond donors (Lipinski definition) is 1. The summed E-state index contributed by atoms with van der Waals surface area (Å²) in [5, 5.41) is 6.01. The maximum atomic E-state index is 13.9. The summed E-state index contributed by atoms with van der Waals surface area (Å²) in [6.07, 6.45) is 2.97. The van der Waals surface area contributed by atoms with Crippen molar-refractivity contribution in [3.8, 4) is 22.9 Å². The van der Waals surface area contributed by atoms with Crippen LogP contribution >= 0.6 is 0 Å². The summed E-state index contributed by atoms with van der Waals surface area (Å²) in [5.41, 5.74) is 3.68. The van der Waals surface area contributed by atoms with E-state index >= 15 is 0 Å². The van der Waals surface area contributed by atoms with E-state index in [1.165, 1.54) is 0 Å². The predicted octanol–water partition coefficient (Wildman–Crippen LogP) is 4.25. The van der Waals surface area contributed by atoms with Gasteiger partial charge in [0.1, 0.15) is 23.3 Å². The van der Waals surface area contributed by atoms with Crippen molar-refractivity contribution in [2.75, 3.05) is 53.6 Å². The first-order valence-electron chi connectivity index (χ1n) is 14.6. The second-order valence-electron chi connectivity index (χ2n) is 11.2. The fraction of sp³-hybridized carbons (Fsp3) is 0.375. The van der Waals surface area contributed by atoms with Crippen LogP contribution in [0.25, 0.3) is 33.1 Å². The van der Waals surface area contributed by atoms with Crippen molar-refractivity contribution in [2.45, 2.75) is 18.9 Å². The molecule has 1 unspecified atom stereocenters. The molecule has 5 aromatic rings. The van der Waals surface area contributed by atoms with E-state index in [1.807, 2.05) is 47.4 Å². The number of rotatable bonds is 8. The molecule has 2 atom stereocenters. The Morgan fingerprint density at radius 1 is 1.12 bits per heavy atom. The number of nitrogens with zero attached hydrogens (tertiary/aromatic N) is 5. The quantitative estimate of drug-likeness (QED) is 0.286. The molecule has 222 valence electrons. The van der Waals surface area contributed by atoms with Gasteiger partial charge >= 0.3 is 0 Å². The number of piperazine rings is 1. The number of methoxy groups -OCH3 is 2.